The van der Waals surface area contributed by atoms with Gasteiger partial charge in [0.1, 0.15) is 5.82 Å². The van der Waals surface area contributed by atoms with Crippen molar-refractivity contribution in [3.63, 3.8) is 0 Å². The minimum absolute atomic E-state index is 0.240. The summed E-state index contributed by atoms with van der Waals surface area (Å²) >= 11 is 0. The predicted molar refractivity (Wildman–Crippen MR) is 108 cm³/mol. The normalized spacial score (nSPS) is 12.1. The van der Waals surface area contributed by atoms with Crippen molar-refractivity contribution in [1.29, 1.82) is 0 Å². The van der Waals surface area contributed by atoms with Crippen molar-refractivity contribution in [2.24, 2.45) is 7.05 Å². The van der Waals surface area contributed by atoms with Crippen LogP contribution in [0.3, 0.4) is 0 Å². The van der Waals surface area contributed by atoms with Crippen molar-refractivity contribution in [2.45, 2.75) is 12.5 Å². The number of carbonyl (C=O) groups excluding carboxylic acids is 1. The van der Waals surface area contributed by atoms with E-state index < -0.39 is 0 Å². The van der Waals surface area contributed by atoms with E-state index in [1.54, 1.807) is 19.6 Å². The van der Waals surface area contributed by atoms with Gasteiger partial charge in [0.25, 0.3) is 0 Å². The van der Waals surface area contributed by atoms with Gasteiger partial charge in [-0.25, -0.2) is 14.8 Å². The Morgan fingerprint density at radius 2 is 1.96 bits per heavy atom. The molecule has 0 aliphatic heterocycles. The van der Waals surface area contributed by atoms with Gasteiger partial charge in [0, 0.05) is 32.2 Å². The molecule has 0 spiro atoms. The summed E-state index contributed by atoms with van der Waals surface area (Å²) in [6, 6.07) is 15.6. The monoisotopic (exact) mass is 374 g/mol. The van der Waals surface area contributed by atoms with Crippen molar-refractivity contribution in [2.75, 3.05) is 7.05 Å². The van der Waals surface area contributed by atoms with Crippen LogP contribution < -0.4 is 10.6 Å². The first-order chi connectivity index (χ1) is 13.7. The smallest absolute Gasteiger partial charge is 0.315 e. The molecule has 142 valence electrons. The third-order valence-corrected chi connectivity index (χ3v) is 4.78. The van der Waals surface area contributed by atoms with E-state index in [-0.39, 0.29) is 12.1 Å². The Hall–Kier alpha value is -3.61. The number of aryl methyl sites for hydroxylation is 1. The second-order valence-electron chi connectivity index (χ2n) is 6.65. The molecule has 28 heavy (non-hydrogen) atoms. The zero-order chi connectivity index (χ0) is 19.5. The van der Waals surface area contributed by atoms with Gasteiger partial charge in [-0.15, -0.1) is 0 Å². The van der Waals surface area contributed by atoms with E-state index in [1.165, 1.54) is 0 Å². The second kappa shape index (κ2) is 7.56. The number of fused-ring (bicyclic) bond motifs is 1. The van der Waals surface area contributed by atoms with Gasteiger partial charge in [0.2, 0.25) is 0 Å². The number of hydrogen-bond acceptors (Lipinski definition) is 3. The molecule has 0 radical (unpaired) electrons. The molecule has 2 amide bonds. The van der Waals surface area contributed by atoms with Crippen LogP contribution in [0.2, 0.25) is 0 Å². The number of nitrogens with one attached hydrogen (secondary N) is 2. The van der Waals surface area contributed by atoms with E-state index in [1.807, 2.05) is 70.9 Å². The molecule has 1 atom stereocenters. The minimum Gasteiger partial charge on any atom is -0.341 e. The SMILES string of the molecule is CNC(=O)NC(Cc1ccccc1)c1nccn1-c1ccc2c(c1)ncn2C. The first-order valence-corrected chi connectivity index (χ1v) is 9.12. The molecule has 2 aromatic heterocycles. The van der Waals surface area contributed by atoms with Crippen molar-refractivity contribution in [3.05, 3.63) is 78.6 Å². The number of aromatic nitrogens is 4. The number of rotatable bonds is 5. The zero-order valence-electron chi connectivity index (χ0n) is 15.8. The zero-order valence-corrected chi connectivity index (χ0v) is 15.8. The molecule has 0 aliphatic rings. The van der Waals surface area contributed by atoms with Crippen LogP contribution in [0.15, 0.2) is 67.3 Å². The maximum Gasteiger partial charge on any atom is 0.315 e. The van der Waals surface area contributed by atoms with Crippen molar-refractivity contribution in [1.82, 2.24) is 29.7 Å². The quantitative estimate of drug-likeness (QED) is 0.564. The van der Waals surface area contributed by atoms with Crippen LogP contribution in [0.5, 0.6) is 0 Å². The first-order valence-electron chi connectivity index (χ1n) is 9.12. The molecule has 1 unspecified atom stereocenters. The minimum atomic E-state index is -0.281. The van der Waals surface area contributed by atoms with Crippen LogP contribution in [-0.2, 0) is 13.5 Å². The highest BCUT2D eigenvalue weighted by atomic mass is 16.2. The van der Waals surface area contributed by atoms with E-state index in [4.69, 9.17) is 0 Å². The van der Waals surface area contributed by atoms with E-state index in [0.717, 1.165) is 28.1 Å². The number of urea groups is 1. The summed E-state index contributed by atoms with van der Waals surface area (Å²) in [7, 11) is 3.58. The summed E-state index contributed by atoms with van der Waals surface area (Å²) < 4.78 is 3.98. The Labute approximate surface area is 163 Å². The van der Waals surface area contributed by atoms with Gasteiger partial charge in [-0.2, -0.15) is 0 Å². The van der Waals surface area contributed by atoms with Gasteiger partial charge >= 0.3 is 6.03 Å². The molecule has 7 nitrogen and oxygen atoms in total. The molecule has 4 aromatic rings. The van der Waals surface area contributed by atoms with E-state index in [0.29, 0.717) is 6.42 Å². The molecule has 0 saturated carbocycles. The van der Waals surface area contributed by atoms with Gasteiger partial charge in [-0.05, 0) is 30.2 Å². The number of carbonyl (C=O) groups is 1. The standard InChI is InChI=1S/C21H22N6O/c1-22-21(28)25-18(12-15-6-4-3-5-7-15)20-23-10-11-27(20)16-8-9-19-17(13-16)24-14-26(19)2/h3-11,13-14,18H,12H2,1-2H3,(H2,22,25,28). The summed E-state index contributed by atoms with van der Waals surface area (Å²) in [5.74, 6) is 0.766. The highest BCUT2D eigenvalue weighted by Crippen LogP contribution is 2.23. The largest absolute Gasteiger partial charge is 0.341 e. The fraction of sp³-hybridized carbons (Fsp3) is 0.190. The highest BCUT2D eigenvalue weighted by molar-refractivity contribution is 5.78. The van der Waals surface area contributed by atoms with E-state index in [9.17, 15) is 4.79 Å². The highest BCUT2D eigenvalue weighted by Gasteiger charge is 2.20. The first kappa shape index (κ1) is 17.8. The van der Waals surface area contributed by atoms with Crippen LogP contribution >= 0.6 is 0 Å². The molecule has 0 fully saturated rings. The lowest BCUT2D eigenvalue weighted by Crippen LogP contribution is -2.37. The van der Waals surface area contributed by atoms with Gasteiger partial charge < -0.3 is 19.8 Å². The molecular formula is C21H22N6O. The van der Waals surface area contributed by atoms with Gasteiger partial charge in [-0.3, -0.25) is 0 Å². The number of hydrogen-bond donors (Lipinski definition) is 2. The average molecular weight is 374 g/mol. The Morgan fingerprint density at radius 3 is 2.75 bits per heavy atom. The molecular weight excluding hydrogens is 352 g/mol. The predicted octanol–water partition coefficient (Wildman–Crippen LogP) is 2.97. The maximum absolute atomic E-state index is 12.1. The molecule has 2 aromatic carbocycles. The summed E-state index contributed by atoms with van der Waals surface area (Å²) in [6.45, 7) is 0. The van der Waals surface area contributed by atoms with E-state index in [2.05, 4.69) is 20.6 Å². The average Bonchev–Trinajstić information content (AvgIpc) is 3.35. The summed E-state index contributed by atoms with van der Waals surface area (Å²) in [4.78, 5) is 21.1. The van der Waals surface area contributed by atoms with Crippen LogP contribution in [0.4, 0.5) is 4.79 Å². The molecule has 2 N–H and O–H groups in total. The van der Waals surface area contributed by atoms with Crippen LogP contribution in [-0.4, -0.2) is 32.2 Å². The summed E-state index contributed by atoms with van der Waals surface area (Å²) in [5.41, 5.74) is 4.06. The lowest BCUT2D eigenvalue weighted by molar-refractivity contribution is 0.238. The number of benzene rings is 2. The molecule has 4 rings (SSSR count). The fourth-order valence-corrected chi connectivity index (χ4v) is 3.35. The van der Waals surface area contributed by atoms with Gasteiger partial charge in [0.05, 0.1) is 23.4 Å². The number of amides is 2. The van der Waals surface area contributed by atoms with Crippen LogP contribution in [0.25, 0.3) is 16.7 Å². The molecule has 0 aliphatic carbocycles. The molecule has 7 heteroatoms. The Morgan fingerprint density at radius 1 is 1.14 bits per heavy atom. The van der Waals surface area contributed by atoms with Crippen LogP contribution in [0, 0.1) is 0 Å². The molecule has 0 bridgehead atoms. The number of nitrogens with zero attached hydrogens (tertiary/aromatic N) is 4. The third-order valence-electron chi connectivity index (χ3n) is 4.78. The Bertz CT molecular complexity index is 1100. The van der Waals surface area contributed by atoms with Gasteiger partial charge in [-0.1, -0.05) is 30.3 Å². The summed E-state index contributed by atoms with van der Waals surface area (Å²) in [6.07, 6.45) is 6.09. The third kappa shape index (κ3) is 3.46. The Kier molecular flexibility index (Phi) is 4.80. The second-order valence-corrected chi connectivity index (χ2v) is 6.65. The van der Waals surface area contributed by atoms with E-state index >= 15 is 0 Å². The lowest BCUT2D eigenvalue weighted by Gasteiger charge is -2.20. The van der Waals surface area contributed by atoms with Crippen molar-refractivity contribution < 1.29 is 4.79 Å². The van der Waals surface area contributed by atoms with Crippen molar-refractivity contribution >= 4 is 17.1 Å². The Balaban J connectivity index is 1.72. The maximum atomic E-state index is 12.1. The topological polar surface area (TPSA) is 76.8 Å². The fourth-order valence-electron chi connectivity index (χ4n) is 3.35. The molecule has 0 saturated heterocycles. The summed E-state index contributed by atoms with van der Waals surface area (Å²) in [5, 5.41) is 5.65. The van der Waals surface area contributed by atoms with Crippen LogP contribution in [0.1, 0.15) is 17.4 Å². The van der Waals surface area contributed by atoms with Crippen molar-refractivity contribution in [3.8, 4) is 5.69 Å². The number of imidazole rings is 2. The van der Waals surface area contributed by atoms with Gasteiger partial charge in [0.15, 0.2) is 0 Å². The molecule has 2 heterocycles. The lowest BCUT2D eigenvalue weighted by atomic mass is 10.1.